The number of hydrogen-bond donors (Lipinski definition) is 1. The molecule has 0 saturated carbocycles. The third-order valence-electron chi connectivity index (χ3n) is 7.37. The number of carbonyl (C=O) groups is 3. The molecule has 1 atom stereocenters. The molecule has 6 rings (SSSR count). The van der Waals surface area contributed by atoms with Crippen molar-refractivity contribution in [2.75, 3.05) is 18.0 Å². The molecule has 1 unspecified atom stereocenters. The smallest absolute Gasteiger partial charge is 0.255 e. The molecule has 194 valence electrons. The Balaban J connectivity index is 1.10. The average Bonchev–Trinajstić information content (AvgIpc) is 3.23. The van der Waals surface area contributed by atoms with E-state index in [0.717, 1.165) is 35.7 Å². The first-order valence-corrected chi connectivity index (χ1v) is 12.9. The Labute approximate surface area is 221 Å². The number of hydrogen-bond acceptors (Lipinski definition) is 6. The van der Waals surface area contributed by atoms with Crippen LogP contribution >= 0.6 is 0 Å². The molecule has 2 fully saturated rings. The van der Waals surface area contributed by atoms with Gasteiger partial charge in [0.1, 0.15) is 29.7 Å². The van der Waals surface area contributed by atoms with Crippen LogP contribution in [0, 0.1) is 0 Å². The molecule has 3 amide bonds. The summed E-state index contributed by atoms with van der Waals surface area (Å²) >= 11 is 0. The fraction of sp³-hybridized carbons (Fsp3) is 0.300. The summed E-state index contributed by atoms with van der Waals surface area (Å²) in [6, 6.07) is 22.9. The van der Waals surface area contributed by atoms with Gasteiger partial charge in [-0.25, -0.2) is 0 Å². The molecular formula is C30H29N3O5. The zero-order chi connectivity index (χ0) is 26.3. The molecule has 0 radical (unpaired) electrons. The summed E-state index contributed by atoms with van der Waals surface area (Å²) in [4.78, 5) is 40.8. The van der Waals surface area contributed by atoms with E-state index < -0.39 is 11.9 Å². The SMILES string of the molecule is CC1(Oc2ccccc2)CN(c2cccc(COc3cccc4c3CN(C3CCC(=O)NC3=O)C4=O)c2)C1. The molecule has 0 aliphatic carbocycles. The van der Waals surface area contributed by atoms with Crippen LogP contribution in [0.2, 0.25) is 0 Å². The number of piperidine rings is 1. The van der Waals surface area contributed by atoms with E-state index in [4.69, 9.17) is 9.47 Å². The molecule has 2 saturated heterocycles. The van der Waals surface area contributed by atoms with Crippen LogP contribution in [0.5, 0.6) is 11.5 Å². The summed E-state index contributed by atoms with van der Waals surface area (Å²) in [7, 11) is 0. The van der Waals surface area contributed by atoms with Gasteiger partial charge < -0.3 is 19.3 Å². The van der Waals surface area contributed by atoms with Gasteiger partial charge in [0.25, 0.3) is 5.91 Å². The maximum absolute atomic E-state index is 13.1. The Hall–Kier alpha value is -4.33. The van der Waals surface area contributed by atoms with Crippen molar-refractivity contribution in [3.63, 3.8) is 0 Å². The molecule has 8 nitrogen and oxygen atoms in total. The average molecular weight is 512 g/mol. The number of anilines is 1. The van der Waals surface area contributed by atoms with Crippen LogP contribution in [0.3, 0.4) is 0 Å². The van der Waals surface area contributed by atoms with E-state index in [1.165, 1.54) is 4.90 Å². The quantitative estimate of drug-likeness (QED) is 0.487. The third-order valence-corrected chi connectivity index (χ3v) is 7.37. The van der Waals surface area contributed by atoms with Crippen molar-refractivity contribution in [3.8, 4) is 11.5 Å². The number of para-hydroxylation sites is 1. The first kappa shape index (κ1) is 24.0. The molecule has 8 heteroatoms. The molecule has 0 spiro atoms. The van der Waals surface area contributed by atoms with Gasteiger partial charge in [0.15, 0.2) is 0 Å². The molecule has 1 N–H and O–H groups in total. The highest BCUT2D eigenvalue weighted by Gasteiger charge is 2.42. The topological polar surface area (TPSA) is 88.2 Å². The fourth-order valence-electron chi connectivity index (χ4n) is 5.48. The highest BCUT2D eigenvalue weighted by atomic mass is 16.5. The van der Waals surface area contributed by atoms with Crippen molar-refractivity contribution in [1.29, 1.82) is 0 Å². The normalized spacial score (nSPS) is 20.0. The molecule has 3 aromatic rings. The predicted molar refractivity (Wildman–Crippen MR) is 141 cm³/mol. The second-order valence-electron chi connectivity index (χ2n) is 10.4. The Morgan fingerprint density at radius 1 is 0.974 bits per heavy atom. The van der Waals surface area contributed by atoms with Gasteiger partial charge in [0, 0.05) is 23.2 Å². The zero-order valence-electron chi connectivity index (χ0n) is 21.2. The first-order chi connectivity index (χ1) is 18.4. The number of amides is 3. The van der Waals surface area contributed by atoms with Gasteiger partial charge in [-0.2, -0.15) is 0 Å². The van der Waals surface area contributed by atoms with Gasteiger partial charge in [-0.15, -0.1) is 0 Å². The molecule has 0 aromatic heterocycles. The minimum atomic E-state index is -0.648. The number of rotatable bonds is 7. The van der Waals surface area contributed by atoms with Crippen molar-refractivity contribution in [2.24, 2.45) is 0 Å². The van der Waals surface area contributed by atoms with Crippen LogP contribution in [0.15, 0.2) is 72.8 Å². The highest BCUT2D eigenvalue weighted by molar-refractivity contribution is 6.05. The Kier molecular flexibility index (Phi) is 6.02. The lowest BCUT2D eigenvalue weighted by Gasteiger charge is -2.49. The van der Waals surface area contributed by atoms with E-state index in [-0.39, 0.29) is 30.4 Å². The number of imide groups is 1. The van der Waals surface area contributed by atoms with E-state index in [9.17, 15) is 14.4 Å². The number of benzene rings is 3. The Morgan fingerprint density at radius 2 is 1.76 bits per heavy atom. The van der Waals surface area contributed by atoms with E-state index in [0.29, 0.717) is 24.3 Å². The number of fused-ring (bicyclic) bond motifs is 1. The maximum atomic E-state index is 13.1. The van der Waals surface area contributed by atoms with E-state index in [1.807, 2.05) is 48.5 Å². The van der Waals surface area contributed by atoms with Crippen LogP contribution in [0.1, 0.15) is 41.3 Å². The number of ether oxygens (including phenoxy) is 2. The van der Waals surface area contributed by atoms with Crippen molar-refractivity contribution < 1.29 is 23.9 Å². The molecule has 0 bridgehead atoms. The second-order valence-corrected chi connectivity index (χ2v) is 10.4. The molecular weight excluding hydrogens is 482 g/mol. The lowest BCUT2D eigenvalue weighted by Crippen LogP contribution is -2.63. The summed E-state index contributed by atoms with van der Waals surface area (Å²) in [6.45, 7) is 4.33. The summed E-state index contributed by atoms with van der Waals surface area (Å²) in [5.41, 5.74) is 3.20. The fourth-order valence-corrected chi connectivity index (χ4v) is 5.48. The maximum Gasteiger partial charge on any atom is 0.255 e. The van der Waals surface area contributed by atoms with Gasteiger partial charge in [0.2, 0.25) is 11.8 Å². The number of carbonyl (C=O) groups excluding carboxylic acids is 3. The van der Waals surface area contributed by atoms with Crippen molar-refractivity contribution in [2.45, 2.75) is 44.6 Å². The number of nitrogens with zero attached hydrogens (tertiary/aromatic N) is 2. The number of nitrogens with one attached hydrogen (secondary N) is 1. The van der Waals surface area contributed by atoms with Crippen LogP contribution < -0.4 is 19.7 Å². The monoisotopic (exact) mass is 511 g/mol. The van der Waals surface area contributed by atoms with Gasteiger partial charge in [-0.3, -0.25) is 19.7 Å². The van der Waals surface area contributed by atoms with Crippen molar-refractivity contribution in [1.82, 2.24) is 10.2 Å². The molecule has 3 aromatic carbocycles. The largest absolute Gasteiger partial charge is 0.489 e. The van der Waals surface area contributed by atoms with Crippen molar-refractivity contribution in [3.05, 3.63) is 89.5 Å². The summed E-state index contributed by atoms with van der Waals surface area (Å²) in [6.07, 6.45) is 0.560. The minimum Gasteiger partial charge on any atom is -0.489 e. The van der Waals surface area contributed by atoms with Crippen LogP contribution in [-0.2, 0) is 22.7 Å². The Bertz CT molecular complexity index is 1400. The second kappa shape index (κ2) is 9.52. The van der Waals surface area contributed by atoms with E-state index >= 15 is 0 Å². The third kappa shape index (κ3) is 4.58. The Morgan fingerprint density at radius 3 is 2.55 bits per heavy atom. The van der Waals surface area contributed by atoms with Gasteiger partial charge >= 0.3 is 0 Å². The molecule has 3 aliphatic heterocycles. The van der Waals surface area contributed by atoms with Crippen LogP contribution in [0.25, 0.3) is 0 Å². The highest BCUT2D eigenvalue weighted by Crippen LogP contribution is 2.35. The van der Waals surface area contributed by atoms with Gasteiger partial charge in [-0.05, 0) is 55.3 Å². The van der Waals surface area contributed by atoms with E-state index in [1.54, 1.807) is 12.1 Å². The predicted octanol–water partition coefficient (Wildman–Crippen LogP) is 3.68. The molecule has 38 heavy (non-hydrogen) atoms. The summed E-state index contributed by atoms with van der Waals surface area (Å²) < 4.78 is 12.4. The lowest BCUT2D eigenvalue weighted by molar-refractivity contribution is -0.136. The van der Waals surface area contributed by atoms with Gasteiger partial charge in [-0.1, -0.05) is 36.4 Å². The van der Waals surface area contributed by atoms with Crippen molar-refractivity contribution >= 4 is 23.4 Å². The van der Waals surface area contributed by atoms with Crippen LogP contribution in [-0.4, -0.2) is 47.4 Å². The first-order valence-electron chi connectivity index (χ1n) is 12.9. The lowest BCUT2D eigenvalue weighted by atomic mass is 9.95. The van der Waals surface area contributed by atoms with Crippen LogP contribution in [0.4, 0.5) is 5.69 Å². The van der Waals surface area contributed by atoms with E-state index in [2.05, 4.69) is 29.3 Å². The van der Waals surface area contributed by atoms with Gasteiger partial charge in [0.05, 0.1) is 19.6 Å². The minimum absolute atomic E-state index is 0.208. The summed E-state index contributed by atoms with van der Waals surface area (Å²) in [5, 5.41) is 2.34. The molecule has 3 aliphatic rings. The molecule has 3 heterocycles. The standard InChI is InChI=1S/C30H29N3O5/c1-30(38-22-9-3-2-4-10-22)18-32(19-30)21-8-5-7-20(15-21)17-37-26-12-6-11-23-24(26)16-33(29(23)36)25-13-14-27(34)31-28(25)35/h2-12,15,25H,13-14,16-19H2,1H3,(H,31,34,35). The summed E-state index contributed by atoms with van der Waals surface area (Å²) in [5.74, 6) is 0.581. The zero-order valence-corrected chi connectivity index (χ0v) is 21.2.